The Hall–Kier alpha value is -3.48. The number of methoxy groups -OCH3 is 3. The quantitative estimate of drug-likeness (QED) is 0.559. The molecule has 1 saturated heterocycles. The van der Waals surface area contributed by atoms with Crippen molar-refractivity contribution in [3.05, 3.63) is 47.7 Å². The van der Waals surface area contributed by atoms with E-state index < -0.39 is 0 Å². The van der Waals surface area contributed by atoms with Crippen LogP contribution in [0.3, 0.4) is 0 Å². The number of pyridine rings is 1. The van der Waals surface area contributed by atoms with Gasteiger partial charge in [-0.3, -0.25) is 4.79 Å². The monoisotopic (exact) mass is 449 g/mol. The zero-order valence-corrected chi connectivity index (χ0v) is 19.9. The van der Waals surface area contributed by atoms with Crippen LogP contribution in [0.15, 0.2) is 36.4 Å². The summed E-state index contributed by atoms with van der Waals surface area (Å²) < 4.78 is 16.4. The van der Waals surface area contributed by atoms with Crippen molar-refractivity contribution in [2.75, 3.05) is 39.7 Å². The van der Waals surface area contributed by atoms with Crippen molar-refractivity contribution in [3.8, 4) is 17.2 Å². The highest BCUT2D eigenvalue weighted by Crippen LogP contribution is 2.41. The summed E-state index contributed by atoms with van der Waals surface area (Å²) in [7, 11) is 4.75. The van der Waals surface area contributed by atoms with E-state index in [1.807, 2.05) is 42.2 Å². The zero-order valence-electron chi connectivity index (χ0n) is 19.9. The summed E-state index contributed by atoms with van der Waals surface area (Å²) in [6.45, 7) is 5.81. The fourth-order valence-electron chi connectivity index (χ4n) is 4.24. The van der Waals surface area contributed by atoms with Crippen LogP contribution in [-0.4, -0.2) is 50.2 Å². The number of anilines is 2. The first-order valence-corrected chi connectivity index (χ1v) is 11.2. The Kier molecular flexibility index (Phi) is 6.58. The van der Waals surface area contributed by atoms with E-state index in [-0.39, 0.29) is 5.91 Å². The number of fused-ring (bicyclic) bond motifs is 1. The highest BCUT2D eigenvalue weighted by Gasteiger charge is 2.23. The van der Waals surface area contributed by atoms with Gasteiger partial charge in [0.1, 0.15) is 5.69 Å². The second-order valence-corrected chi connectivity index (χ2v) is 8.59. The first-order valence-electron chi connectivity index (χ1n) is 11.2. The van der Waals surface area contributed by atoms with Gasteiger partial charge >= 0.3 is 0 Å². The van der Waals surface area contributed by atoms with Crippen molar-refractivity contribution in [3.63, 3.8) is 0 Å². The Bertz CT molecular complexity index is 1140. The van der Waals surface area contributed by atoms with E-state index in [0.29, 0.717) is 28.9 Å². The van der Waals surface area contributed by atoms with Gasteiger partial charge in [0, 0.05) is 36.3 Å². The number of nitrogens with one attached hydrogen (secondary N) is 1. The number of amides is 1. The van der Waals surface area contributed by atoms with E-state index in [2.05, 4.69) is 18.3 Å². The molecule has 0 bridgehead atoms. The van der Waals surface area contributed by atoms with Gasteiger partial charge in [0.2, 0.25) is 5.75 Å². The van der Waals surface area contributed by atoms with E-state index in [4.69, 9.17) is 19.2 Å². The highest BCUT2D eigenvalue weighted by atomic mass is 16.5. The Morgan fingerprint density at radius 1 is 1.00 bits per heavy atom. The first kappa shape index (κ1) is 22.7. The first-order chi connectivity index (χ1) is 15.9. The lowest BCUT2D eigenvalue weighted by Crippen LogP contribution is -2.38. The van der Waals surface area contributed by atoms with Gasteiger partial charge in [-0.15, -0.1) is 0 Å². The van der Waals surface area contributed by atoms with Crippen LogP contribution >= 0.6 is 0 Å². The maximum atomic E-state index is 13.3. The van der Waals surface area contributed by atoms with Crippen molar-refractivity contribution >= 4 is 28.2 Å². The van der Waals surface area contributed by atoms with Crippen molar-refractivity contribution in [2.45, 2.75) is 26.7 Å². The van der Waals surface area contributed by atoms with Gasteiger partial charge in [-0.2, -0.15) is 0 Å². The molecule has 0 radical (unpaired) electrons. The van der Waals surface area contributed by atoms with Gasteiger partial charge < -0.3 is 24.4 Å². The van der Waals surface area contributed by atoms with E-state index in [9.17, 15) is 4.79 Å². The van der Waals surface area contributed by atoms with Gasteiger partial charge in [0.15, 0.2) is 11.5 Å². The fraction of sp³-hybridized carbons (Fsp3) is 0.385. The second-order valence-electron chi connectivity index (χ2n) is 8.59. The van der Waals surface area contributed by atoms with Crippen LogP contribution in [-0.2, 0) is 0 Å². The third-order valence-corrected chi connectivity index (χ3v) is 6.20. The Morgan fingerprint density at radius 2 is 1.67 bits per heavy atom. The predicted octanol–water partition coefficient (Wildman–Crippen LogP) is 5.18. The molecule has 7 nitrogen and oxygen atoms in total. The van der Waals surface area contributed by atoms with Crippen LogP contribution in [0.4, 0.5) is 11.4 Å². The van der Waals surface area contributed by atoms with E-state index in [0.717, 1.165) is 53.8 Å². The van der Waals surface area contributed by atoms with Crippen molar-refractivity contribution in [1.29, 1.82) is 0 Å². The summed E-state index contributed by atoms with van der Waals surface area (Å²) in [5, 5.41) is 4.39. The number of likely N-dealkylation sites (tertiary alicyclic amines) is 1. The third kappa shape index (κ3) is 4.67. The van der Waals surface area contributed by atoms with Gasteiger partial charge in [0.25, 0.3) is 5.91 Å². The Morgan fingerprint density at radius 3 is 2.27 bits per heavy atom. The number of piperidine rings is 1. The van der Waals surface area contributed by atoms with E-state index in [1.54, 1.807) is 21.3 Å². The largest absolute Gasteiger partial charge is 0.493 e. The molecule has 33 heavy (non-hydrogen) atoms. The lowest BCUT2D eigenvalue weighted by atomic mass is 9.99. The number of aromatic nitrogens is 1. The van der Waals surface area contributed by atoms with Crippen LogP contribution in [0.1, 0.15) is 35.8 Å². The summed E-state index contributed by atoms with van der Waals surface area (Å²) in [5.74, 6) is 2.24. The maximum absolute atomic E-state index is 13.3. The molecule has 0 atom stereocenters. The fourth-order valence-corrected chi connectivity index (χ4v) is 4.24. The summed E-state index contributed by atoms with van der Waals surface area (Å²) in [4.78, 5) is 19.9. The Balaban J connectivity index is 1.76. The molecule has 174 valence electrons. The number of carbonyl (C=O) groups is 1. The SMILES string of the molecule is COc1cc(Nc2cc(C(=O)N3CCC(C)CC3)nc3ccc(C)cc23)cc(OC)c1OC. The molecule has 3 aromatic rings. The molecule has 0 unspecified atom stereocenters. The van der Waals surface area contributed by atoms with Gasteiger partial charge in [-0.05, 0) is 43.9 Å². The number of benzene rings is 2. The molecule has 2 heterocycles. The van der Waals surface area contributed by atoms with Crippen LogP contribution < -0.4 is 19.5 Å². The van der Waals surface area contributed by atoms with Crippen LogP contribution in [0.5, 0.6) is 17.2 Å². The molecule has 7 heteroatoms. The second kappa shape index (κ2) is 9.57. The zero-order chi connectivity index (χ0) is 23.5. The number of hydrogen-bond acceptors (Lipinski definition) is 6. The maximum Gasteiger partial charge on any atom is 0.272 e. The lowest BCUT2D eigenvalue weighted by molar-refractivity contribution is 0.0691. The number of nitrogens with zero attached hydrogens (tertiary/aromatic N) is 2. The van der Waals surface area contributed by atoms with E-state index in [1.165, 1.54) is 0 Å². The average molecular weight is 450 g/mol. The Labute approximate surface area is 194 Å². The number of rotatable bonds is 6. The van der Waals surface area contributed by atoms with Crippen LogP contribution in [0.25, 0.3) is 10.9 Å². The molecule has 1 aliphatic heterocycles. The van der Waals surface area contributed by atoms with Gasteiger partial charge in [-0.25, -0.2) is 4.98 Å². The van der Waals surface area contributed by atoms with Gasteiger partial charge in [0.05, 0.1) is 32.5 Å². The van der Waals surface area contributed by atoms with Crippen LogP contribution in [0, 0.1) is 12.8 Å². The molecule has 1 aromatic heterocycles. The number of hydrogen-bond donors (Lipinski definition) is 1. The lowest BCUT2D eigenvalue weighted by Gasteiger charge is -2.30. The van der Waals surface area contributed by atoms with E-state index >= 15 is 0 Å². The number of ether oxygens (including phenoxy) is 3. The minimum Gasteiger partial charge on any atom is -0.493 e. The molecule has 0 aliphatic carbocycles. The predicted molar refractivity (Wildman–Crippen MR) is 130 cm³/mol. The van der Waals surface area contributed by atoms with Crippen molar-refractivity contribution in [1.82, 2.24) is 9.88 Å². The molecular weight excluding hydrogens is 418 g/mol. The summed E-state index contributed by atoms with van der Waals surface area (Å²) >= 11 is 0. The minimum atomic E-state index is -0.0303. The molecule has 1 N–H and O–H groups in total. The normalized spacial score (nSPS) is 14.3. The summed E-state index contributed by atoms with van der Waals surface area (Å²) in [5.41, 5.74) is 3.87. The molecule has 1 amide bonds. The van der Waals surface area contributed by atoms with Crippen molar-refractivity contribution in [2.24, 2.45) is 5.92 Å². The van der Waals surface area contributed by atoms with Gasteiger partial charge in [-0.1, -0.05) is 18.6 Å². The smallest absolute Gasteiger partial charge is 0.272 e. The average Bonchev–Trinajstić information content (AvgIpc) is 2.83. The molecule has 1 aliphatic rings. The molecule has 0 saturated carbocycles. The number of carbonyl (C=O) groups excluding carboxylic acids is 1. The molecule has 4 rings (SSSR count). The molecular formula is C26H31N3O4. The van der Waals surface area contributed by atoms with Crippen molar-refractivity contribution < 1.29 is 19.0 Å². The highest BCUT2D eigenvalue weighted by molar-refractivity contribution is 6.01. The third-order valence-electron chi connectivity index (χ3n) is 6.20. The topological polar surface area (TPSA) is 72.9 Å². The summed E-state index contributed by atoms with van der Waals surface area (Å²) in [6.07, 6.45) is 2.05. The molecule has 1 fully saturated rings. The number of aryl methyl sites for hydroxylation is 1. The standard InChI is InChI=1S/C26H31N3O4/c1-16-8-10-29(11-9-16)26(30)22-15-21(19-12-17(2)6-7-20(19)28-22)27-18-13-23(31-3)25(33-5)24(14-18)32-4/h6-7,12-16H,8-11H2,1-5H3,(H,27,28). The molecule has 0 spiro atoms. The minimum absolute atomic E-state index is 0.0303. The summed E-state index contributed by atoms with van der Waals surface area (Å²) in [6, 6.07) is 11.6. The molecule has 2 aromatic carbocycles. The van der Waals surface area contributed by atoms with Crippen LogP contribution in [0.2, 0.25) is 0 Å².